The monoisotopic (exact) mass is 203 g/mol. The highest BCUT2D eigenvalue weighted by Crippen LogP contribution is 2.20. The van der Waals surface area contributed by atoms with Crippen molar-refractivity contribution in [3.8, 4) is 0 Å². The van der Waals surface area contributed by atoms with Crippen LogP contribution in [-0.2, 0) is 4.74 Å². The van der Waals surface area contributed by atoms with Crippen molar-refractivity contribution in [2.24, 2.45) is 0 Å². The second-order valence-electron chi connectivity index (χ2n) is 3.72. The van der Waals surface area contributed by atoms with Crippen LogP contribution in [0.4, 0.5) is 0 Å². The lowest BCUT2D eigenvalue weighted by molar-refractivity contribution is 0.0278. The molecule has 0 saturated carbocycles. The molecule has 0 bridgehead atoms. The summed E-state index contributed by atoms with van der Waals surface area (Å²) in [5.74, 6) is 0. The van der Waals surface area contributed by atoms with Gasteiger partial charge in [0.1, 0.15) is 5.65 Å². The Morgan fingerprint density at radius 3 is 3.33 bits per heavy atom. The van der Waals surface area contributed by atoms with Crippen LogP contribution in [0.25, 0.3) is 5.65 Å². The zero-order valence-corrected chi connectivity index (χ0v) is 8.39. The summed E-state index contributed by atoms with van der Waals surface area (Å²) in [4.78, 5) is 4.28. The van der Waals surface area contributed by atoms with Crippen LogP contribution in [-0.4, -0.2) is 29.1 Å². The maximum absolute atomic E-state index is 5.69. The van der Waals surface area contributed by atoms with Gasteiger partial charge in [-0.1, -0.05) is 0 Å². The normalized spacial score (nSPS) is 22.0. The first-order chi connectivity index (χ1) is 7.43. The number of ether oxygens (including phenoxy) is 1. The predicted molar refractivity (Wildman–Crippen MR) is 56.8 cm³/mol. The van der Waals surface area contributed by atoms with Crippen molar-refractivity contribution in [3.63, 3.8) is 0 Å². The second kappa shape index (κ2) is 3.64. The van der Waals surface area contributed by atoms with Crippen LogP contribution in [0.2, 0.25) is 0 Å². The molecule has 1 unspecified atom stereocenters. The van der Waals surface area contributed by atoms with Gasteiger partial charge in [-0.3, -0.25) is 0 Å². The Balaban J connectivity index is 1.96. The summed E-state index contributed by atoms with van der Waals surface area (Å²) in [7, 11) is 0. The van der Waals surface area contributed by atoms with E-state index in [2.05, 4.69) is 22.6 Å². The first-order valence-electron chi connectivity index (χ1n) is 5.18. The number of aromatic nitrogens is 2. The number of fused-ring (bicyclic) bond motifs is 1. The number of rotatable bonds is 1. The topological polar surface area (TPSA) is 38.6 Å². The lowest BCUT2D eigenvalue weighted by Crippen LogP contribution is -2.33. The van der Waals surface area contributed by atoms with Crippen molar-refractivity contribution in [2.75, 3.05) is 19.7 Å². The molecule has 15 heavy (non-hydrogen) atoms. The smallest absolute Gasteiger partial charge is 0.136 e. The van der Waals surface area contributed by atoms with Gasteiger partial charge in [0, 0.05) is 37.2 Å². The largest absolute Gasteiger partial charge is 0.371 e. The molecule has 1 aliphatic heterocycles. The molecule has 0 aromatic carbocycles. The molecule has 0 spiro atoms. The molecular weight excluding hydrogens is 190 g/mol. The first kappa shape index (κ1) is 8.88. The van der Waals surface area contributed by atoms with Crippen LogP contribution < -0.4 is 5.32 Å². The van der Waals surface area contributed by atoms with Gasteiger partial charge in [-0.05, 0) is 12.1 Å². The molecule has 0 radical (unpaired) electrons. The number of morpholine rings is 1. The van der Waals surface area contributed by atoms with Crippen LogP contribution in [0.3, 0.4) is 0 Å². The van der Waals surface area contributed by atoms with Crippen molar-refractivity contribution in [1.29, 1.82) is 0 Å². The van der Waals surface area contributed by atoms with Crippen LogP contribution >= 0.6 is 0 Å². The van der Waals surface area contributed by atoms with Crippen LogP contribution in [0.15, 0.2) is 30.7 Å². The molecule has 0 amide bonds. The third-order valence-corrected chi connectivity index (χ3v) is 2.69. The highest BCUT2D eigenvalue weighted by atomic mass is 16.5. The zero-order valence-electron chi connectivity index (χ0n) is 8.39. The molecule has 4 nitrogen and oxygen atoms in total. The minimum Gasteiger partial charge on any atom is -0.371 e. The average Bonchev–Trinajstić information content (AvgIpc) is 2.74. The van der Waals surface area contributed by atoms with Gasteiger partial charge >= 0.3 is 0 Å². The number of nitrogens with one attached hydrogen (secondary N) is 1. The molecule has 0 aliphatic carbocycles. The Bertz CT molecular complexity index is 427. The Kier molecular flexibility index (Phi) is 2.16. The molecule has 2 aromatic heterocycles. The molecule has 1 atom stereocenters. The minimum atomic E-state index is 0.167. The van der Waals surface area contributed by atoms with E-state index in [1.807, 2.05) is 16.7 Å². The maximum Gasteiger partial charge on any atom is 0.136 e. The Hall–Kier alpha value is -1.39. The lowest BCUT2D eigenvalue weighted by atomic mass is 10.2. The average molecular weight is 203 g/mol. The van der Waals surface area contributed by atoms with Crippen molar-refractivity contribution >= 4 is 5.65 Å². The third-order valence-electron chi connectivity index (χ3n) is 2.69. The van der Waals surface area contributed by atoms with E-state index in [0.717, 1.165) is 25.3 Å². The fourth-order valence-corrected chi connectivity index (χ4v) is 1.92. The Labute approximate surface area is 87.9 Å². The highest BCUT2D eigenvalue weighted by Gasteiger charge is 2.17. The summed E-state index contributed by atoms with van der Waals surface area (Å²) in [5, 5.41) is 3.32. The van der Waals surface area contributed by atoms with Crippen molar-refractivity contribution < 1.29 is 4.74 Å². The third kappa shape index (κ3) is 1.62. The molecule has 1 fully saturated rings. The predicted octanol–water partition coefficient (Wildman–Crippen LogP) is 0.995. The van der Waals surface area contributed by atoms with E-state index in [-0.39, 0.29) is 6.10 Å². The number of nitrogens with zero attached hydrogens (tertiary/aromatic N) is 2. The van der Waals surface area contributed by atoms with Gasteiger partial charge in [-0.2, -0.15) is 0 Å². The summed E-state index contributed by atoms with van der Waals surface area (Å²) in [6.45, 7) is 2.61. The summed E-state index contributed by atoms with van der Waals surface area (Å²) >= 11 is 0. The molecule has 3 heterocycles. The summed E-state index contributed by atoms with van der Waals surface area (Å²) in [5.41, 5.74) is 2.17. The van der Waals surface area contributed by atoms with Gasteiger partial charge in [0.15, 0.2) is 0 Å². The van der Waals surface area contributed by atoms with E-state index >= 15 is 0 Å². The van der Waals surface area contributed by atoms with Crippen LogP contribution in [0, 0.1) is 0 Å². The van der Waals surface area contributed by atoms with Crippen molar-refractivity contribution in [2.45, 2.75) is 6.10 Å². The van der Waals surface area contributed by atoms with Gasteiger partial charge in [0.05, 0.1) is 12.7 Å². The van der Waals surface area contributed by atoms with E-state index in [4.69, 9.17) is 4.74 Å². The van der Waals surface area contributed by atoms with E-state index in [1.165, 1.54) is 5.56 Å². The van der Waals surface area contributed by atoms with Gasteiger partial charge in [-0.25, -0.2) is 4.98 Å². The first-order valence-corrected chi connectivity index (χ1v) is 5.18. The molecule has 1 saturated heterocycles. The molecule has 3 rings (SSSR count). The second-order valence-corrected chi connectivity index (χ2v) is 3.72. The van der Waals surface area contributed by atoms with Crippen molar-refractivity contribution in [3.05, 3.63) is 36.3 Å². The molecule has 4 heteroatoms. The minimum absolute atomic E-state index is 0.167. The fourth-order valence-electron chi connectivity index (χ4n) is 1.92. The maximum atomic E-state index is 5.69. The Morgan fingerprint density at radius 1 is 1.53 bits per heavy atom. The summed E-state index contributed by atoms with van der Waals surface area (Å²) in [6, 6.07) is 4.01. The Morgan fingerprint density at radius 2 is 2.53 bits per heavy atom. The van der Waals surface area contributed by atoms with E-state index in [0.29, 0.717) is 0 Å². The van der Waals surface area contributed by atoms with E-state index < -0.39 is 0 Å². The van der Waals surface area contributed by atoms with E-state index in [1.54, 1.807) is 6.20 Å². The standard InChI is InChI=1S/C11H13N3O/c1-2-13-11-6-9(8-14(11)4-1)10-7-12-3-5-15-10/h1-2,4,6,8,10,12H,3,5,7H2. The van der Waals surface area contributed by atoms with Gasteiger partial charge in [-0.15, -0.1) is 0 Å². The zero-order chi connectivity index (χ0) is 10.1. The molecular formula is C11H13N3O. The van der Waals surface area contributed by atoms with Gasteiger partial charge in [0.25, 0.3) is 0 Å². The van der Waals surface area contributed by atoms with Crippen LogP contribution in [0.5, 0.6) is 0 Å². The van der Waals surface area contributed by atoms with Gasteiger partial charge in [0.2, 0.25) is 0 Å². The molecule has 78 valence electrons. The van der Waals surface area contributed by atoms with Gasteiger partial charge < -0.3 is 14.5 Å². The lowest BCUT2D eigenvalue weighted by Gasteiger charge is -2.22. The quantitative estimate of drug-likeness (QED) is 0.751. The highest BCUT2D eigenvalue weighted by molar-refractivity contribution is 5.43. The van der Waals surface area contributed by atoms with Crippen LogP contribution in [0.1, 0.15) is 11.7 Å². The molecule has 2 aromatic rings. The van der Waals surface area contributed by atoms with E-state index in [9.17, 15) is 0 Å². The fraction of sp³-hybridized carbons (Fsp3) is 0.364. The summed E-state index contributed by atoms with van der Waals surface area (Å²) in [6.07, 6.45) is 6.06. The summed E-state index contributed by atoms with van der Waals surface area (Å²) < 4.78 is 7.71. The number of hydrogen-bond donors (Lipinski definition) is 1. The molecule has 1 aliphatic rings. The number of hydrogen-bond acceptors (Lipinski definition) is 3. The SMILES string of the molecule is c1cnc2cc(C3CNCCO3)cn2c1. The molecule has 1 N–H and O–H groups in total. The van der Waals surface area contributed by atoms with Crippen molar-refractivity contribution in [1.82, 2.24) is 14.7 Å².